The second-order valence-electron chi connectivity index (χ2n) is 5.11. The number of hydrogen-bond donors (Lipinski definition) is 1. The third kappa shape index (κ3) is 2.74. The van der Waals surface area contributed by atoms with Crippen LogP contribution in [0.5, 0.6) is 0 Å². The molecule has 2 fully saturated rings. The van der Waals surface area contributed by atoms with Gasteiger partial charge in [0, 0.05) is 25.2 Å². The molecule has 1 saturated carbocycles. The summed E-state index contributed by atoms with van der Waals surface area (Å²) in [5.74, 6) is 0.119. The molecule has 1 atom stereocenters. The smallest absolute Gasteiger partial charge is 0.236 e. The first-order valence-electron chi connectivity index (χ1n) is 6.42. The molecular weight excluding hydrogens is 202 g/mol. The maximum atomic E-state index is 11.7. The van der Waals surface area contributed by atoms with Crippen molar-refractivity contribution in [1.82, 2.24) is 9.80 Å². The van der Waals surface area contributed by atoms with Gasteiger partial charge in [0.25, 0.3) is 0 Å². The van der Waals surface area contributed by atoms with Gasteiger partial charge in [0.05, 0.1) is 6.54 Å². The van der Waals surface area contributed by atoms with Crippen molar-refractivity contribution in [2.75, 3.05) is 26.7 Å². The molecule has 2 N–H and O–H groups in total. The SMILES string of the molecule is CN(C[C@H]1CCCCN1C(=O)CN)C1CC1. The summed E-state index contributed by atoms with van der Waals surface area (Å²) < 4.78 is 0. The second kappa shape index (κ2) is 5.15. The average Bonchev–Trinajstić information content (AvgIpc) is 3.12. The number of hydrogen-bond acceptors (Lipinski definition) is 3. The molecule has 0 aromatic carbocycles. The zero-order chi connectivity index (χ0) is 11.5. The zero-order valence-corrected chi connectivity index (χ0v) is 10.2. The molecule has 0 spiro atoms. The lowest BCUT2D eigenvalue weighted by atomic mass is 10.0. The van der Waals surface area contributed by atoms with Crippen LogP contribution in [0, 0.1) is 0 Å². The van der Waals surface area contributed by atoms with E-state index in [4.69, 9.17) is 5.73 Å². The van der Waals surface area contributed by atoms with Gasteiger partial charge in [0.15, 0.2) is 0 Å². The lowest BCUT2D eigenvalue weighted by molar-refractivity contribution is -0.133. The van der Waals surface area contributed by atoms with Gasteiger partial charge < -0.3 is 15.5 Å². The van der Waals surface area contributed by atoms with Gasteiger partial charge >= 0.3 is 0 Å². The number of carbonyl (C=O) groups is 1. The molecule has 2 rings (SSSR count). The molecule has 4 heteroatoms. The van der Waals surface area contributed by atoms with Gasteiger partial charge in [-0.25, -0.2) is 0 Å². The Morgan fingerprint density at radius 3 is 2.75 bits per heavy atom. The second-order valence-corrected chi connectivity index (χ2v) is 5.11. The van der Waals surface area contributed by atoms with Crippen molar-refractivity contribution < 1.29 is 4.79 Å². The van der Waals surface area contributed by atoms with E-state index in [1.54, 1.807) is 0 Å². The minimum absolute atomic E-state index is 0.119. The van der Waals surface area contributed by atoms with Crippen LogP contribution in [-0.2, 0) is 4.79 Å². The minimum atomic E-state index is 0.119. The van der Waals surface area contributed by atoms with Crippen LogP contribution < -0.4 is 5.73 Å². The Hall–Kier alpha value is -0.610. The van der Waals surface area contributed by atoms with Crippen LogP contribution in [0.3, 0.4) is 0 Å². The summed E-state index contributed by atoms with van der Waals surface area (Å²) in [7, 11) is 2.18. The highest BCUT2D eigenvalue weighted by Gasteiger charge is 2.31. The van der Waals surface area contributed by atoms with E-state index in [0.717, 1.165) is 32.0 Å². The molecule has 16 heavy (non-hydrogen) atoms. The maximum absolute atomic E-state index is 11.7. The van der Waals surface area contributed by atoms with E-state index in [1.165, 1.54) is 19.3 Å². The fourth-order valence-electron chi connectivity index (χ4n) is 2.63. The first-order valence-corrected chi connectivity index (χ1v) is 6.42. The Balaban J connectivity index is 1.90. The lowest BCUT2D eigenvalue weighted by Gasteiger charge is -2.37. The molecule has 1 aliphatic heterocycles. The van der Waals surface area contributed by atoms with E-state index in [2.05, 4.69) is 11.9 Å². The van der Waals surface area contributed by atoms with Crippen molar-refractivity contribution in [2.45, 2.75) is 44.2 Å². The summed E-state index contributed by atoms with van der Waals surface area (Å²) in [6.45, 7) is 2.08. The van der Waals surface area contributed by atoms with Crippen LogP contribution in [0.15, 0.2) is 0 Å². The molecule has 0 bridgehead atoms. The summed E-state index contributed by atoms with van der Waals surface area (Å²) in [6.07, 6.45) is 6.18. The highest BCUT2D eigenvalue weighted by Crippen LogP contribution is 2.27. The van der Waals surface area contributed by atoms with E-state index in [1.807, 2.05) is 4.90 Å². The summed E-state index contributed by atoms with van der Waals surface area (Å²) in [4.78, 5) is 16.1. The van der Waals surface area contributed by atoms with Gasteiger partial charge in [0.1, 0.15) is 0 Å². The van der Waals surface area contributed by atoms with E-state index in [9.17, 15) is 4.79 Å². The van der Waals surface area contributed by atoms with E-state index < -0.39 is 0 Å². The number of likely N-dealkylation sites (tertiary alicyclic amines) is 1. The fourth-order valence-corrected chi connectivity index (χ4v) is 2.63. The number of piperidine rings is 1. The Morgan fingerprint density at radius 1 is 1.38 bits per heavy atom. The Morgan fingerprint density at radius 2 is 2.12 bits per heavy atom. The molecule has 1 heterocycles. The van der Waals surface area contributed by atoms with E-state index >= 15 is 0 Å². The molecule has 0 unspecified atom stereocenters. The first-order chi connectivity index (χ1) is 7.72. The van der Waals surface area contributed by atoms with Gasteiger partial charge in [-0.2, -0.15) is 0 Å². The van der Waals surface area contributed by atoms with Crippen LogP contribution in [0.2, 0.25) is 0 Å². The number of nitrogens with zero attached hydrogens (tertiary/aromatic N) is 2. The monoisotopic (exact) mass is 225 g/mol. The average molecular weight is 225 g/mol. The van der Waals surface area contributed by atoms with Crippen molar-refractivity contribution in [2.24, 2.45) is 5.73 Å². The summed E-state index contributed by atoms with van der Waals surface area (Å²) in [5.41, 5.74) is 5.46. The molecule has 1 saturated heterocycles. The molecule has 1 amide bonds. The molecule has 0 aromatic heterocycles. The Bertz CT molecular complexity index is 253. The van der Waals surface area contributed by atoms with Crippen LogP contribution in [-0.4, -0.2) is 54.5 Å². The van der Waals surface area contributed by atoms with Crippen molar-refractivity contribution in [3.63, 3.8) is 0 Å². The van der Waals surface area contributed by atoms with Gasteiger partial charge in [-0.05, 0) is 39.2 Å². The summed E-state index contributed by atoms with van der Waals surface area (Å²) in [6, 6.07) is 1.17. The number of carbonyl (C=O) groups excluding carboxylic acids is 1. The van der Waals surface area contributed by atoms with Crippen molar-refractivity contribution in [1.29, 1.82) is 0 Å². The summed E-state index contributed by atoms with van der Waals surface area (Å²) >= 11 is 0. The predicted octanol–water partition coefficient (Wildman–Crippen LogP) is 0.420. The number of amides is 1. The van der Waals surface area contributed by atoms with Crippen molar-refractivity contribution >= 4 is 5.91 Å². The van der Waals surface area contributed by atoms with Crippen LogP contribution in [0.25, 0.3) is 0 Å². The largest absolute Gasteiger partial charge is 0.337 e. The standard InChI is InChI=1S/C12H23N3O/c1-14(10-5-6-10)9-11-4-2-3-7-15(11)12(16)8-13/h10-11H,2-9,13H2,1H3/t11-/m1/s1. The Kier molecular flexibility index (Phi) is 3.82. The van der Waals surface area contributed by atoms with Crippen molar-refractivity contribution in [3.8, 4) is 0 Å². The molecule has 1 aliphatic carbocycles. The fraction of sp³-hybridized carbons (Fsp3) is 0.917. The number of rotatable bonds is 4. The molecule has 0 aromatic rings. The zero-order valence-electron chi connectivity index (χ0n) is 10.2. The predicted molar refractivity (Wildman–Crippen MR) is 64.1 cm³/mol. The molecule has 92 valence electrons. The number of nitrogens with two attached hydrogens (primary N) is 1. The highest BCUT2D eigenvalue weighted by atomic mass is 16.2. The van der Waals surface area contributed by atoms with Gasteiger partial charge in [-0.3, -0.25) is 4.79 Å². The minimum Gasteiger partial charge on any atom is -0.337 e. The van der Waals surface area contributed by atoms with Crippen LogP contribution in [0.4, 0.5) is 0 Å². The maximum Gasteiger partial charge on any atom is 0.236 e. The first kappa shape index (κ1) is 11.9. The van der Waals surface area contributed by atoms with Gasteiger partial charge in [0.2, 0.25) is 5.91 Å². The third-order valence-corrected chi connectivity index (χ3v) is 3.79. The topological polar surface area (TPSA) is 49.6 Å². The lowest BCUT2D eigenvalue weighted by Crippen LogP contribution is -2.50. The Labute approximate surface area is 97.8 Å². The molecule has 2 aliphatic rings. The highest BCUT2D eigenvalue weighted by molar-refractivity contribution is 5.78. The van der Waals surface area contributed by atoms with E-state index in [0.29, 0.717) is 6.04 Å². The number of likely N-dealkylation sites (N-methyl/N-ethyl adjacent to an activating group) is 1. The molecule has 0 radical (unpaired) electrons. The summed E-state index contributed by atoms with van der Waals surface area (Å²) in [5, 5.41) is 0. The van der Waals surface area contributed by atoms with Crippen LogP contribution in [0.1, 0.15) is 32.1 Å². The quantitative estimate of drug-likeness (QED) is 0.754. The third-order valence-electron chi connectivity index (χ3n) is 3.79. The molecular formula is C12H23N3O. The van der Waals surface area contributed by atoms with Crippen molar-refractivity contribution in [3.05, 3.63) is 0 Å². The van der Waals surface area contributed by atoms with E-state index in [-0.39, 0.29) is 12.5 Å². The van der Waals surface area contributed by atoms with Gasteiger partial charge in [-0.15, -0.1) is 0 Å². The molecule has 4 nitrogen and oxygen atoms in total. The van der Waals surface area contributed by atoms with Crippen LogP contribution >= 0.6 is 0 Å². The normalized spacial score (nSPS) is 26.2. The van der Waals surface area contributed by atoms with Gasteiger partial charge in [-0.1, -0.05) is 0 Å².